The highest BCUT2D eigenvalue weighted by molar-refractivity contribution is 5.76. The Balaban J connectivity index is 1.60. The molecule has 3 rings (SSSR count). The smallest absolute Gasteiger partial charge is 0.261 e. The minimum absolute atomic E-state index is 0.0486. The van der Waals surface area contributed by atoms with E-state index in [2.05, 4.69) is 11.9 Å². The largest absolute Gasteiger partial charge is 0.494 e. The van der Waals surface area contributed by atoms with Crippen molar-refractivity contribution in [2.75, 3.05) is 13.2 Å². The number of benzene rings is 2. The van der Waals surface area contributed by atoms with Crippen molar-refractivity contribution >= 4 is 10.9 Å². The second-order valence-electron chi connectivity index (χ2n) is 5.43. The molecule has 24 heavy (non-hydrogen) atoms. The molecule has 0 spiro atoms. The summed E-state index contributed by atoms with van der Waals surface area (Å²) in [6.45, 7) is 3.62. The standard InChI is InChI=1S/C19H20N2O3/c1-2-12-23-15-7-9-16(10-8-15)24-13-11-21-14-20-18-6-4-3-5-17(18)19(21)22/h3-10,14H,2,11-13H2,1H3. The Morgan fingerprint density at radius 1 is 0.958 bits per heavy atom. The van der Waals surface area contributed by atoms with Gasteiger partial charge >= 0.3 is 0 Å². The Hall–Kier alpha value is -2.82. The number of hydrogen-bond donors (Lipinski definition) is 0. The zero-order valence-corrected chi connectivity index (χ0v) is 13.6. The molecule has 5 heteroatoms. The summed E-state index contributed by atoms with van der Waals surface area (Å²) in [5, 5.41) is 0.623. The van der Waals surface area contributed by atoms with E-state index >= 15 is 0 Å². The molecule has 124 valence electrons. The minimum Gasteiger partial charge on any atom is -0.494 e. The molecule has 0 amide bonds. The van der Waals surface area contributed by atoms with Crippen molar-refractivity contribution in [2.24, 2.45) is 0 Å². The fourth-order valence-corrected chi connectivity index (χ4v) is 2.38. The van der Waals surface area contributed by atoms with Crippen LogP contribution in [0.3, 0.4) is 0 Å². The van der Waals surface area contributed by atoms with Crippen LogP contribution in [-0.4, -0.2) is 22.8 Å². The molecule has 1 aromatic heterocycles. The van der Waals surface area contributed by atoms with Gasteiger partial charge in [0.25, 0.3) is 5.56 Å². The van der Waals surface area contributed by atoms with Gasteiger partial charge in [-0.2, -0.15) is 0 Å². The fraction of sp³-hybridized carbons (Fsp3) is 0.263. The summed E-state index contributed by atoms with van der Waals surface area (Å²) >= 11 is 0. The first-order chi connectivity index (χ1) is 11.8. The third-order valence-electron chi connectivity index (χ3n) is 3.63. The lowest BCUT2D eigenvalue weighted by Crippen LogP contribution is -2.23. The van der Waals surface area contributed by atoms with Gasteiger partial charge in [-0.15, -0.1) is 0 Å². The Labute approximate surface area is 140 Å². The van der Waals surface area contributed by atoms with Crippen molar-refractivity contribution < 1.29 is 9.47 Å². The maximum atomic E-state index is 12.4. The number of hydrogen-bond acceptors (Lipinski definition) is 4. The van der Waals surface area contributed by atoms with Gasteiger partial charge in [0.1, 0.15) is 18.1 Å². The molecule has 2 aromatic carbocycles. The molecule has 0 aliphatic heterocycles. The normalized spacial score (nSPS) is 10.7. The molecule has 5 nitrogen and oxygen atoms in total. The monoisotopic (exact) mass is 324 g/mol. The highest BCUT2D eigenvalue weighted by Gasteiger charge is 2.03. The highest BCUT2D eigenvalue weighted by atomic mass is 16.5. The van der Waals surface area contributed by atoms with Gasteiger partial charge < -0.3 is 9.47 Å². The maximum absolute atomic E-state index is 12.4. The van der Waals surface area contributed by atoms with E-state index in [0.717, 1.165) is 17.9 Å². The van der Waals surface area contributed by atoms with Crippen LogP contribution in [-0.2, 0) is 6.54 Å². The molecular formula is C19H20N2O3. The lowest BCUT2D eigenvalue weighted by molar-refractivity contribution is 0.293. The molecule has 0 saturated heterocycles. The van der Waals surface area contributed by atoms with Crippen LogP contribution < -0.4 is 15.0 Å². The van der Waals surface area contributed by atoms with E-state index in [1.54, 1.807) is 17.0 Å². The van der Waals surface area contributed by atoms with E-state index in [0.29, 0.717) is 30.7 Å². The van der Waals surface area contributed by atoms with Crippen LogP contribution in [0.5, 0.6) is 11.5 Å². The van der Waals surface area contributed by atoms with Crippen molar-refractivity contribution in [1.29, 1.82) is 0 Å². The third kappa shape index (κ3) is 3.74. The average molecular weight is 324 g/mol. The molecule has 0 N–H and O–H groups in total. The molecular weight excluding hydrogens is 304 g/mol. The second kappa shape index (κ2) is 7.64. The lowest BCUT2D eigenvalue weighted by Gasteiger charge is -2.10. The van der Waals surface area contributed by atoms with Gasteiger partial charge in [-0.3, -0.25) is 9.36 Å². The van der Waals surface area contributed by atoms with Crippen LogP contribution in [0.4, 0.5) is 0 Å². The van der Waals surface area contributed by atoms with Crippen LogP contribution >= 0.6 is 0 Å². The maximum Gasteiger partial charge on any atom is 0.261 e. The highest BCUT2D eigenvalue weighted by Crippen LogP contribution is 2.17. The van der Waals surface area contributed by atoms with Gasteiger partial charge in [0.05, 0.1) is 30.4 Å². The van der Waals surface area contributed by atoms with Gasteiger partial charge in [-0.05, 0) is 42.8 Å². The van der Waals surface area contributed by atoms with E-state index in [1.165, 1.54) is 0 Å². The Morgan fingerprint density at radius 2 is 1.62 bits per heavy atom. The van der Waals surface area contributed by atoms with E-state index in [9.17, 15) is 4.79 Å². The third-order valence-corrected chi connectivity index (χ3v) is 3.63. The van der Waals surface area contributed by atoms with Crippen molar-refractivity contribution in [3.63, 3.8) is 0 Å². The Kier molecular flexibility index (Phi) is 5.11. The molecule has 0 aliphatic rings. The first kappa shape index (κ1) is 16.1. The van der Waals surface area contributed by atoms with Gasteiger partial charge in [-0.1, -0.05) is 19.1 Å². The number of nitrogens with zero attached hydrogens (tertiary/aromatic N) is 2. The predicted octanol–water partition coefficient (Wildman–Crippen LogP) is 3.26. The summed E-state index contributed by atoms with van der Waals surface area (Å²) in [5.41, 5.74) is 0.662. The summed E-state index contributed by atoms with van der Waals surface area (Å²) in [4.78, 5) is 16.7. The summed E-state index contributed by atoms with van der Waals surface area (Å²) in [6, 6.07) is 14.8. The molecule has 0 unspecified atom stereocenters. The van der Waals surface area contributed by atoms with Crippen LogP contribution in [0, 0.1) is 0 Å². The van der Waals surface area contributed by atoms with Crippen LogP contribution in [0.1, 0.15) is 13.3 Å². The summed E-state index contributed by atoms with van der Waals surface area (Å²) < 4.78 is 12.8. The Morgan fingerprint density at radius 3 is 2.33 bits per heavy atom. The van der Waals surface area contributed by atoms with Crippen LogP contribution in [0.2, 0.25) is 0 Å². The number of para-hydroxylation sites is 1. The number of ether oxygens (including phenoxy) is 2. The molecule has 0 saturated carbocycles. The van der Waals surface area contributed by atoms with Crippen LogP contribution in [0.15, 0.2) is 59.7 Å². The summed E-state index contributed by atoms with van der Waals surface area (Å²) in [7, 11) is 0. The number of fused-ring (bicyclic) bond motifs is 1. The quantitative estimate of drug-likeness (QED) is 0.669. The molecule has 3 aromatic rings. The van der Waals surface area contributed by atoms with Gasteiger partial charge in [-0.25, -0.2) is 4.98 Å². The van der Waals surface area contributed by atoms with E-state index < -0.39 is 0 Å². The van der Waals surface area contributed by atoms with E-state index in [1.807, 2.05) is 42.5 Å². The summed E-state index contributed by atoms with van der Waals surface area (Å²) in [6.07, 6.45) is 2.54. The van der Waals surface area contributed by atoms with Crippen molar-refractivity contribution in [2.45, 2.75) is 19.9 Å². The molecule has 0 bridgehead atoms. The van der Waals surface area contributed by atoms with E-state index in [-0.39, 0.29) is 5.56 Å². The Bertz CT molecular complexity index is 856. The lowest BCUT2D eigenvalue weighted by atomic mass is 10.2. The van der Waals surface area contributed by atoms with Crippen molar-refractivity contribution in [1.82, 2.24) is 9.55 Å². The average Bonchev–Trinajstić information content (AvgIpc) is 2.63. The van der Waals surface area contributed by atoms with Gasteiger partial charge in [0.15, 0.2) is 0 Å². The molecule has 1 heterocycles. The zero-order valence-electron chi connectivity index (χ0n) is 13.6. The first-order valence-electron chi connectivity index (χ1n) is 8.08. The SMILES string of the molecule is CCCOc1ccc(OCCn2cnc3ccccc3c2=O)cc1. The predicted molar refractivity (Wildman–Crippen MR) is 93.7 cm³/mol. The van der Waals surface area contributed by atoms with E-state index in [4.69, 9.17) is 9.47 Å². The first-order valence-corrected chi connectivity index (χ1v) is 8.08. The van der Waals surface area contributed by atoms with Crippen molar-refractivity contribution in [3.8, 4) is 11.5 Å². The molecule has 0 fully saturated rings. The summed E-state index contributed by atoms with van der Waals surface area (Å²) in [5.74, 6) is 1.58. The second-order valence-corrected chi connectivity index (χ2v) is 5.43. The fourth-order valence-electron chi connectivity index (χ4n) is 2.38. The minimum atomic E-state index is -0.0486. The molecule has 0 radical (unpaired) electrons. The van der Waals surface area contributed by atoms with Crippen molar-refractivity contribution in [3.05, 3.63) is 65.2 Å². The zero-order chi connectivity index (χ0) is 16.8. The van der Waals surface area contributed by atoms with Gasteiger partial charge in [0, 0.05) is 0 Å². The number of aromatic nitrogens is 2. The van der Waals surface area contributed by atoms with Crippen LogP contribution in [0.25, 0.3) is 10.9 Å². The number of rotatable bonds is 7. The molecule has 0 aliphatic carbocycles. The topological polar surface area (TPSA) is 53.4 Å². The van der Waals surface area contributed by atoms with Gasteiger partial charge in [0.2, 0.25) is 0 Å². The molecule has 0 atom stereocenters.